The van der Waals surface area contributed by atoms with Crippen LogP contribution in [-0.2, 0) is 0 Å². The van der Waals surface area contributed by atoms with Crippen LogP contribution in [0.4, 0.5) is 17.1 Å². The maximum absolute atomic E-state index is 5.80. The molecule has 0 fully saturated rings. The van der Waals surface area contributed by atoms with Crippen LogP contribution in [0.5, 0.6) is 0 Å². The van der Waals surface area contributed by atoms with E-state index in [0.29, 0.717) is 6.67 Å². The van der Waals surface area contributed by atoms with Gasteiger partial charge in [-0.05, 0) is 36.4 Å². The second-order valence-electron chi connectivity index (χ2n) is 4.54. The lowest BCUT2D eigenvalue weighted by Gasteiger charge is -2.28. The van der Waals surface area contributed by atoms with Gasteiger partial charge in [-0.3, -0.25) is 15.4 Å². The number of hydrogen-bond acceptors (Lipinski definition) is 4. The molecule has 0 saturated heterocycles. The minimum absolute atomic E-state index is 0.539. The highest BCUT2D eigenvalue weighted by Crippen LogP contribution is 2.25. The van der Waals surface area contributed by atoms with Crippen LogP contribution >= 0.6 is 0 Å². The molecule has 2 aromatic rings. The summed E-state index contributed by atoms with van der Waals surface area (Å²) in [6.07, 6.45) is 7.25. The van der Waals surface area contributed by atoms with E-state index in [0.717, 1.165) is 28.2 Å². The molecule has 1 heterocycles. The molecule has 0 saturated carbocycles. The van der Waals surface area contributed by atoms with Gasteiger partial charge in [0.2, 0.25) is 0 Å². The maximum Gasteiger partial charge on any atom is 0.129 e. The molecular weight excluding hydrogens is 248 g/mol. The molecule has 4 nitrogen and oxygen atoms in total. The third-order valence-electron chi connectivity index (χ3n) is 3.09. The number of nitrogens with one attached hydrogen (secondary N) is 1. The third kappa shape index (κ3) is 2.29. The van der Waals surface area contributed by atoms with Gasteiger partial charge in [0.15, 0.2) is 0 Å². The zero-order valence-corrected chi connectivity index (χ0v) is 10.9. The zero-order chi connectivity index (χ0) is 13.9. The minimum atomic E-state index is 0.539. The Kier molecular flexibility index (Phi) is 3.02. The second-order valence-corrected chi connectivity index (χ2v) is 4.54. The van der Waals surface area contributed by atoms with Crippen molar-refractivity contribution in [1.29, 1.82) is 0 Å². The maximum atomic E-state index is 5.80. The highest BCUT2D eigenvalue weighted by atomic mass is 15.5. The molecule has 0 aliphatic carbocycles. The molecular formula is C16H14N4. The van der Waals surface area contributed by atoms with Crippen molar-refractivity contribution in [3.05, 3.63) is 53.6 Å². The molecule has 3 N–H and O–H groups in total. The van der Waals surface area contributed by atoms with Gasteiger partial charge in [0.1, 0.15) is 6.67 Å². The Labute approximate surface area is 117 Å². The van der Waals surface area contributed by atoms with E-state index in [9.17, 15) is 0 Å². The Hall–Kier alpha value is -2.93. The van der Waals surface area contributed by atoms with Gasteiger partial charge < -0.3 is 5.73 Å². The van der Waals surface area contributed by atoms with Crippen molar-refractivity contribution in [2.24, 2.45) is 4.99 Å². The predicted molar refractivity (Wildman–Crippen MR) is 83.8 cm³/mol. The summed E-state index contributed by atoms with van der Waals surface area (Å²) in [4.78, 5) is 4.32. The van der Waals surface area contributed by atoms with Gasteiger partial charge in [-0.15, -0.1) is 6.42 Å². The van der Waals surface area contributed by atoms with E-state index in [1.54, 1.807) is 0 Å². The van der Waals surface area contributed by atoms with E-state index in [2.05, 4.69) is 16.3 Å². The van der Waals surface area contributed by atoms with Crippen molar-refractivity contribution in [1.82, 2.24) is 0 Å². The van der Waals surface area contributed by atoms with Crippen LogP contribution < -0.4 is 16.2 Å². The fourth-order valence-corrected chi connectivity index (χ4v) is 2.15. The highest BCUT2D eigenvalue weighted by Gasteiger charge is 2.14. The summed E-state index contributed by atoms with van der Waals surface area (Å²) < 4.78 is 0. The first-order valence-electron chi connectivity index (χ1n) is 6.26. The van der Waals surface area contributed by atoms with E-state index >= 15 is 0 Å². The van der Waals surface area contributed by atoms with Crippen molar-refractivity contribution in [3.8, 4) is 12.3 Å². The van der Waals surface area contributed by atoms with E-state index in [1.165, 1.54) is 0 Å². The van der Waals surface area contributed by atoms with Gasteiger partial charge in [-0.2, -0.15) is 0 Å². The molecule has 0 aromatic heterocycles. The summed E-state index contributed by atoms with van der Waals surface area (Å²) in [6.45, 7) is 0.539. The largest absolute Gasteiger partial charge is 0.399 e. The molecule has 0 amide bonds. The number of hydrogen-bond donors (Lipinski definition) is 2. The lowest BCUT2D eigenvalue weighted by Crippen LogP contribution is -2.33. The number of aliphatic imine (C=N–C) groups is 1. The number of terminal acetylenes is 1. The lowest BCUT2D eigenvalue weighted by atomic mass is 10.1. The normalized spacial score (nSPS) is 12.7. The van der Waals surface area contributed by atoms with E-state index in [1.807, 2.05) is 53.7 Å². The first-order chi connectivity index (χ1) is 9.76. The SMILES string of the molecule is C#Cc1cccc(NN2CN=Cc3cc(N)ccc32)c1. The summed E-state index contributed by atoms with van der Waals surface area (Å²) in [5, 5.41) is 1.96. The van der Waals surface area contributed by atoms with Crippen LogP contribution in [0, 0.1) is 12.3 Å². The number of benzene rings is 2. The summed E-state index contributed by atoms with van der Waals surface area (Å²) in [6, 6.07) is 13.5. The van der Waals surface area contributed by atoms with Crippen molar-refractivity contribution in [2.75, 3.05) is 22.8 Å². The molecule has 0 spiro atoms. The average molecular weight is 262 g/mol. The number of nitrogen functional groups attached to an aromatic ring is 1. The summed E-state index contributed by atoms with van der Waals surface area (Å²) in [5.74, 6) is 2.63. The van der Waals surface area contributed by atoms with Gasteiger partial charge in [0.05, 0.1) is 11.4 Å². The third-order valence-corrected chi connectivity index (χ3v) is 3.09. The van der Waals surface area contributed by atoms with Gasteiger partial charge in [-0.1, -0.05) is 12.0 Å². The minimum Gasteiger partial charge on any atom is -0.399 e. The quantitative estimate of drug-likeness (QED) is 0.645. The number of nitrogens with two attached hydrogens (primary N) is 1. The zero-order valence-electron chi connectivity index (χ0n) is 10.9. The number of rotatable bonds is 2. The molecule has 20 heavy (non-hydrogen) atoms. The van der Waals surface area contributed by atoms with Gasteiger partial charge >= 0.3 is 0 Å². The van der Waals surface area contributed by atoms with Crippen molar-refractivity contribution >= 4 is 23.3 Å². The van der Waals surface area contributed by atoms with E-state index in [4.69, 9.17) is 12.2 Å². The fourth-order valence-electron chi connectivity index (χ4n) is 2.15. The molecule has 0 radical (unpaired) electrons. The van der Waals surface area contributed by atoms with Crippen molar-refractivity contribution < 1.29 is 0 Å². The molecule has 2 aromatic carbocycles. The van der Waals surface area contributed by atoms with Crippen LogP contribution in [0.25, 0.3) is 0 Å². The van der Waals surface area contributed by atoms with Crippen LogP contribution in [0.15, 0.2) is 47.5 Å². The monoisotopic (exact) mass is 262 g/mol. The molecule has 0 bridgehead atoms. The van der Waals surface area contributed by atoms with Crippen LogP contribution in [0.3, 0.4) is 0 Å². The predicted octanol–water partition coefficient (Wildman–Crippen LogP) is 2.47. The number of anilines is 3. The lowest BCUT2D eigenvalue weighted by molar-refractivity contribution is 0.907. The van der Waals surface area contributed by atoms with Crippen LogP contribution in [0.2, 0.25) is 0 Å². The molecule has 98 valence electrons. The molecule has 1 aliphatic heterocycles. The van der Waals surface area contributed by atoms with Crippen LogP contribution in [-0.4, -0.2) is 12.9 Å². The Balaban J connectivity index is 1.89. The van der Waals surface area contributed by atoms with E-state index in [-0.39, 0.29) is 0 Å². The first kappa shape index (κ1) is 12.1. The summed E-state index contributed by atoms with van der Waals surface area (Å²) in [7, 11) is 0. The molecule has 0 unspecified atom stereocenters. The summed E-state index contributed by atoms with van der Waals surface area (Å²) in [5.41, 5.74) is 13.6. The number of nitrogens with zero attached hydrogens (tertiary/aromatic N) is 2. The second kappa shape index (κ2) is 4.98. The van der Waals surface area contributed by atoms with Crippen molar-refractivity contribution in [2.45, 2.75) is 0 Å². The molecule has 0 atom stereocenters. The molecule has 3 rings (SSSR count). The Morgan fingerprint density at radius 1 is 1.25 bits per heavy atom. The smallest absolute Gasteiger partial charge is 0.129 e. The van der Waals surface area contributed by atoms with Gasteiger partial charge in [-0.25, -0.2) is 0 Å². The topological polar surface area (TPSA) is 53.6 Å². The van der Waals surface area contributed by atoms with Crippen LogP contribution in [0.1, 0.15) is 11.1 Å². The van der Waals surface area contributed by atoms with Gasteiger partial charge in [0.25, 0.3) is 0 Å². The average Bonchev–Trinajstić information content (AvgIpc) is 2.47. The summed E-state index contributed by atoms with van der Waals surface area (Å²) >= 11 is 0. The Morgan fingerprint density at radius 2 is 2.15 bits per heavy atom. The van der Waals surface area contributed by atoms with E-state index < -0.39 is 0 Å². The highest BCUT2D eigenvalue weighted by molar-refractivity contribution is 5.91. The Morgan fingerprint density at radius 3 is 3.00 bits per heavy atom. The first-order valence-corrected chi connectivity index (χ1v) is 6.26. The molecule has 1 aliphatic rings. The molecule has 4 heteroatoms. The standard InChI is InChI=1S/C16H14N4/c1-2-12-4-3-5-15(8-12)19-20-11-18-10-13-9-14(17)6-7-16(13)20/h1,3-10,19H,11,17H2. The Bertz CT molecular complexity index is 713. The van der Waals surface area contributed by atoms with Gasteiger partial charge in [0, 0.05) is 23.0 Å². The van der Waals surface area contributed by atoms with Crippen molar-refractivity contribution in [3.63, 3.8) is 0 Å². The number of fused-ring (bicyclic) bond motifs is 1. The number of hydrazine groups is 1. The fraction of sp³-hybridized carbons (Fsp3) is 0.0625.